The van der Waals surface area contributed by atoms with Gasteiger partial charge in [0.05, 0.1) is 23.1 Å². The van der Waals surface area contributed by atoms with Crippen molar-refractivity contribution in [2.24, 2.45) is 0 Å². The number of anilines is 1. The number of aliphatic carboxylic acids is 1. The smallest absolute Gasteiger partial charge is 0.304 e. The number of hydrogen-bond donors (Lipinski definition) is 3. The van der Waals surface area contributed by atoms with Crippen molar-refractivity contribution in [1.29, 1.82) is 0 Å². The largest absolute Gasteiger partial charge is 0.481 e. The van der Waals surface area contributed by atoms with E-state index in [0.29, 0.717) is 11.5 Å². The van der Waals surface area contributed by atoms with Gasteiger partial charge in [-0.25, -0.2) is 9.37 Å². The summed E-state index contributed by atoms with van der Waals surface area (Å²) in [5, 5.41) is 12.1. The Hall–Kier alpha value is -2.89. The van der Waals surface area contributed by atoms with Crippen molar-refractivity contribution in [2.45, 2.75) is 12.3 Å². The van der Waals surface area contributed by atoms with Gasteiger partial charge >= 0.3 is 5.97 Å². The zero-order chi connectivity index (χ0) is 16.2. The first-order valence-corrected chi connectivity index (χ1v) is 7.28. The minimum Gasteiger partial charge on any atom is -0.481 e. The van der Waals surface area contributed by atoms with Crippen LogP contribution in [0.2, 0.25) is 0 Å². The predicted octanol–water partition coefficient (Wildman–Crippen LogP) is 3.37. The molecule has 6 heteroatoms. The summed E-state index contributed by atoms with van der Waals surface area (Å²) in [6, 6.07) is 13.8. The van der Waals surface area contributed by atoms with Gasteiger partial charge in [0.2, 0.25) is 0 Å². The molecule has 3 aromatic rings. The zero-order valence-electron chi connectivity index (χ0n) is 12.3. The Morgan fingerprint density at radius 3 is 2.70 bits per heavy atom. The number of halogens is 1. The van der Waals surface area contributed by atoms with Crippen molar-refractivity contribution in [3.8, 4) is 0 Å². The Balaban J connectivity index is 1.82. The highest BCUT2D eigenvalue weighted by Gasteiger charge is 2.19. The number of H-pyrrole nitrogens is 1. The Kier molecular flexibility index (Phi) is 4.23. The van der Waals surface area contributed by atoms with E-state index < -0.39 is 5.97 Å². The van der Waals surface area contributed by atoms with Gasteiger partial charge in [0.25, 0.3) is 0 Å². The first-order valence-electron chi connectivity index (χ1n) is 7.28. The predicted molar refractivity (Wildman–Crippen MR) is 86.0 cm³/mol. The van der Waals surface area contributed by atoms with Crippen LogP contribution in [-0.2, 0) is 4.79 Å². The van der Waals surface area contributed by atoms with Crippen LogP contribution in [0.15, 0.2) is 48.5 Å². The lowest BCUT2D eigenvalue weighted by molar-refractivity contribution is -0.137. The van der Waals surface area contributed by atoms with Crippen molar-refractivity contribution in [3.05, 3.63) is 60.2 Å². The summed E-state index contributed by atoms with van der Waals surface area (Å²) in [5.41, 5.74) is 1.98. The number of rotatable bonds is 6. The molecule has 3 N–H and O–H groups in total. The second-order valence-electron chi connectivity index (χ2n) is 5.29. The molecule has 1 atom stereocenters. The Bertz CT molecular complexity index is 798. The van der Waals surface area contributed by atoms with Crippen molar-refractivity contribution >= 4 is 22.7 Å². The van der Waals surface area contributed by atoms with Crippen LogP contribution in [0.5, 0.6) is 0 Å². The monoisotopic (exact) mass is 313 g/mol. The van der Waals surface area contributed by atoms with Crippen molar-refractivity contribution in [2.75, 3.05) is 11.9 Å². The van der Waals surface area contributed by atoms with Gasteiger partial charge in [-0.15, -0.1) is 0 Å². The number of fused-ring (bicyclic) bond motifs is 1. The van der Waals surface area contributed by atoms with E-state index >= 15 is 0 Å². The molecule has 0 aliphatic rings. The number of carbonyl (C=O) groups is 1. The van der Waals surface area contributed by atoms with E-state index in [4.69, 9.17) is 5.11 Å². The number of benzene rings is 2. The molecule has 0 aliphatic heterocycles. The Morgan fingerprint density at radius 2 is 1.96 bits per heavy atom. The van der Waals surface area contributed by atoms with Crippen LogP contribution in [0.1, 0.15) is 18.2 Å². The van der Waals surface area contributed by atoms with E-state index in [1.165, 1.54) is 6.07 Å². The van der Waals surface area contributed by atoms with E-state index in [0.717, 1.165) is 11.0 Å². The standard InChI is InChI=1S/C17H16FN3O2/c18-12-5-1-2-6-13(12)19-10-11(9-16(22)23)17-20-14-7-3-4-8-15(14)21-17/h1-8,11,19H,9-10H2,(H,20,21)(H,22,23). The summed E-state index contributed by atoms with van der Waals surface area (Å²) < 4.78 is 13.7. The van der Waals surface area contributed by atoms with E-state index in [1.54, 1.807) is 18.2 Å². The third kappa shape index (κ3) is 3.48. The fraction of sp³-hybridized carbons (Fsp3) is 0.176. The number of imidazole rings is 1. The van der Waals surface area contributed by atoms with Gasteiger partial charge in [-0.05, 0) is 24.3 Å². The van der Waals surface area contributed by atoms with E-state index in [-0.39, 0.29) is 24.7 Å². The molecule has 0 radical (unpaired) electrons. The van der Waals surface area contributed by atoms with Crippen LogP contribution in [0.4, 0.5) is 10.1 Å². The molecule has 0 bridgehead atoms. The number of carboxylic acid groups (broad SMARTS) is 1. The fourth-order valence-electron chi connectivity index (χ4n) is 2.48. The van der Waals surface area contributed by atoms with Gasteiger partial charge < -0.3 is 15.4 Å². The van der Waals surface area contributed by atoms with Crippen LogP contribution in [-0.4, -0.2) is 27.6 Å². The number of aromatic nitrogens is 2. The lowest BCUT2D eigenvalue weighted by Crippen LogP contribution is -2.18. The number of nitrogens with zero attached hydrogens (tertiary/aromatic N) is 1. The van der Waals surface area contributed by atoms with Gasteiger partial charge in [0.15, 0.2) is 0 Å². The minimum absolute atomic E-state index is 0.0960. The molecule has 23 heavy (non-hydrogen) atoms. The van der Waals surface area contributed by atoms with Crippen LogP contribution >= 0.6 is 0 Å². The molecule has 0 fully saturated rings. The minimum atomic E-state index is -0.925. The lowest BCUT2D eigenvalue weighted by Gasteiger charge is -2.14. The van der Waals surface area contributed by atoms with Crippen molar-refractivity contribution in [1.82, 2.24) is 9.97 Å². The summed E-state index contributed by atoms with van der Waals surface area (Å²) in [6.07, 6.45) is -0.0960. The fourth-order valence-corrected chi connectivity index (χ4v) is 2.48. The van der Waals surface area contributed by atoms with E-state index in [9.17, 15) is 9.18 Å². The molecule has 0 saturated heterocycles. The molecular formula is C17H16FN3O2. The zero-order valence-corrected chi connectivity index (χ0v) is 12.3. The number of nitrogens with one attached hydrogen (secondary N) is 2. The maximum atomic E-state index is 13.7. The number of aromatic amines is 1. The maximum Gasteiger partial charge on any atom is 0.304 e. The van der Waals surface area contributed by atoms with Crippen LogP contribution in [0.3, 0.4) is 0 Å². The average Bonchev–Trinajstić information content (AvgIpc) is 2.96. The summed E-state index contributed by atoms with van der Waals surface area (Å²) in [5.74, 6) is -1.10. The van der Waals surface area contributed by atoms with Crippen LogP contribution in [0, 0.1) is 5.82 Å². The number of para-hydroxylation sites is 3. The van der Waals surface area contributed by atoms with Gasteiger partial charge in [-0.3, -0.25) is 4.79 Å². The number of hydrogen-bond acceptors (Lipinski definition) is 3. The third-order valence-corrected chi connectivity index (χ3v) is 3.63. The van der Waals surface area contributed by atoms with Crippen LogP contribution in [0.25, 0.3) is 11.0 Å². The summed E-state index contributed by atoms with van der Waals surface area (Å²) >= 11 is 0. The molecule has 0 aliphatic carbocycles. The first-order chi connectivity index (χ1) is 11.1. The van der Waals surface area contributed by atoms with E-state index in [1.807, 2.05) is 24.3 Å². The highest BCUT2D eigenvalue weighted by molar-refractivity contribution is 5.75. The molecule has 0 saturated carbocycles. The first kappa shape index (κ1) is 15.0. The molecule has 1 unspecified atom stereocenters. The van der Waals surface area contributed by atoms with Crippen molar-refractivity contribution in [3.63, 3.8) is 0 Å². The summed E-state index contributed by atoms with van der Waals surface area (Å²) in [6.45, 7) is 0.271. The quantitative estimate of drug-likeness (QED) is 0.652. The average molecular weight is 313 g/mol. The van der Waals surface area contributed by atoms with Gasteiger partial charge in [-0.1, -0.05) is 24.3 Å². The highest BCUT2D eigenvalue weighted by atomic mass is 19.1. The molecule has 0 spiro atoms. The second kappa shape index (κ2) is 6.48. The second-order valence-corrected chi connectivity index (χ2v) is 5.29. The molecule has 5 nitrogen and oxygen atoms in total. The maximum absolute atomic E-state index is 13.7. The molecular weight excluding hydrogens is 297 g/mol. The van der Waals surface area contributed by atoms with Gasteiger partial charge in [0.1, 0.15) is 11.6 Å². The summed E-state index contributed by atoms with van der Waals surface area (Å²) in [4.78, 5) is 18.7. The van der Waals surface area contributed by atoms with Crippen LogP contribution < -0.4 is 5.32 Å². The summed E-state index contributed by atoms with van der Waals surface area (Å²) in [7, 11) is 0. The molecule has 118 valence electrons. The SMILES string of the molecule is O=C(O)CC(CNc1ccccc1F)c1nc2ccccc2[nH]1. The molecule has 0 amide bonds. The third-order valence-electron chi connectivity index (χ3n) is 3.63. The molecule has 1 aromatic heterocycles. The van der Waals surface area contributed by atoms with Crippen molar-refractivity contribution < 1.29 is 14.3 Å². The number of carboxylic acids is 1. The normalized spacial score (nSPS) is 12.2. The van der Waals surface area contributed by atoms with Gasteiger partial charge in [0, 0.05) is 12.5 Å². The Morgan fingerprint density at radius 1 is 1.22 bits per heavy atom. The lowest BCUT2D eigenvalue weighted by atomic mass is 10.0. The van der Waals surface area contributed by atoms with Gasteiger partial charge in [-0.2, -0.15) is 0 Å². The topological polar surface area (TPSA) is 78.0 Å². The molecule has 2 aromatic carbocycles. The Labute approximate surface area is 132 Å². The molecule has 3 rings (SSSR count). The molecule has 1 heterocycles. The van der Waals surface area contributed by atoms with E-state index in [2.05, 4.69) is 15.3 Å². The highest BCUT2D eigenvalue weighted by Crippen LogP contribution is 2.22.